The predicted molar refractivity (Wildman–Crippen MR) is 56.9 cm³/mol. The highest BCUT2D eigenvalue weighted by atomic mass is 32.1. The van der Waals surface area contributed by atoms with Crippen LogP contribution in [0.3, 0.4) is 0 Å². The van der Waals surface area contributed by atoms with Gasteiger partial charge in [0, 0.05) is 7.05 Å². The highest BCUT2D eigenvalue weighted by molar-refractivity contribution is 7.17. The largest absolute Gasteiger partial charge is 0.461 e. The maximum absolute atomic E-state index is 13.1. The van der Waals surface area contributed by atoms with Gasteiger partial charge in [-0.25, -0.2) is 9.97 Å². The predicted octanol–water partition coefficient (Wildman–Crippen LogP) is 3.39. The van der Waals surface area contributed by atoms with E-state index in [9.17, 15) is 22.0 Å². The van der Waals surface area contributed by atoms with E-state index in [4.69, 9.17) is 0 Å². The Labute approximate surface area is 102 Å². The van der Waals surface area contributed by atoms with Gasteiger partial charge in [-0.1, -0.05) is 0 Å². The first-order valence-corrected chi connectivity index (χ1v) is 5.53. The Kier molecular flexibility index (Phi) is 2.88. The number of anilines is 1. The molecule has 9 heteroatoms. The van der Waals surface area contributed by atoms with E-state index in [0.717, 1.165) is 11.3 Å². The maximum Gasteiger partial charge on any atom is 0.461 e. The minimum atomic E-state index is -5.72. The Bertz CT molecular complexity index is 577. The lowest BCUT2D eigenvalue weighted by molar-refractivity contribution is -0.292. The number of fused-ring (bicyclic) bond motifs is 1. The molecule has 0 bridgehead atoms. The quantitative estimate of drug-likeness (QED) is 0.858. The highest BCUT2D eigenvalue weighted by Crippen LogP contribution is 2.43. The molecule has 98 valence electrons. The Morgan fingerprint density at radius 2 is 1.83 bits per heavy atom. The van der Waals surface area contributed by atoms with E-state index < -0.39 is 17.9 Å². The molecule has 18 heavy (non-hydrogen) atoms. The van der Waals surface area contributed by atoms with Crippen molar-refractivity contribution in [2.45, 2.75) is 12.1 Å². The lowest BCUT2D eigenvalue weighted by Crippen LogP contribution is -2.35. The molecule has 0 aliphatic carbocycles. The minimum Gasteiger partial charge on any atom is -0.372 e. The molecule has 0 aromatic carbocycles. The second-order valence-electron chi connectivity index (χ2n) is 3.35. The third kappa shape index (κ3) is 1.88. The summed E-state index contributed by atoms with van der Waals surface area (Å²) in [6.07, 6.45) is -5.72. The van der Waals surface area contributed by atoms with Gasteiger partial charge in [-0.15, -0.1) is 11.3 Å². The molecule has 0 saturated carbocycles. The standard InChI is InChI=1S/C9H6F5N3S/c1-15-6-5-4(2-3-18-5)16-7(17-6)8(10,11)9(12,13)14/h2-3H,1H3,(H,15,16,17). The Balaban J connectivity index is 2.65. The zero-order chi connectivity index (χ0) is 13.6. The summed E-state index contributed by atoms with van der Waals surface area (Å²) in [5, 5.41) is 4.02. The van der Waals surface area contributed by atoms with Gasteiger partial charge in [-0.2, -0.15) is 22.0 Å². The Hall–Kier alpha value is -1.51. The van der Waals surface area contributed by atoms with Gasteiger partial charge in [-0.05, 0) is 11.4 Å². The van der Waals surface area contributed by atoms with Gasteiger partial charge >= 0.3 is 12.1 Å². The number of thiophene rings is 1. The molecule has 0 aliphatic rings. The highest BCUT2D eigenvalue weighted by Gasteiger charge is 2.61. The van der Waals surface area contributed by atoms with Gasteiger partial charge < -0.3 is 5.32 Å². The average Bonchev–Trinajstić information content (AvgIpc) is 2.73. The molecule has 0 atom stereocenters. The number of rotatable bonds is 2. The molecule has 0 unspecified atom stereocenters. The van der Waals surface area contributed by atoms with Gasteiger partial charge in [0.25, 0.3) is 0 Å². The van der Waals surface area contributed by atoms with E-state index in [0.29, 0.717) is 4.70 Å². The molecule has 0 radical (unpaired) electrons. The molecule has 1 N–H and O–H groups in total. The van der Waals surface area contributed by atoms with Gasteiger partial charge in [0.05, 0.1) is 10.2 Å². The van der Waals surface area contributed by atoms with E-state index in [1.54, 1.807) is 0 Å². The van der Waals surface area contributed by atoms with Crippen molar-refractivity contribution in [3.8, 4) is 0 Å². The fourth-order valence-electron chi connectivity index (χ4n) is 1.30. The van der Waals surface area contributed by atoms with Crippen molar-refractivity contribution in [2.75, 3.05) is 12.4 Å². The van der Waals surface area contributed by atoms with Gasteiger partial charge in [0.15, 0.2) is 0 Å². The number of hydrogen-bond donors (Lipinski definition) is 1. The number of aromatic nitrogens is 2. The van der Waals surface area contributed by atoms with E-state index in [1.807, 2.05) is 0 Å². The summed E-state index contributed by atoms with van der Waals surface area (Å²) >= 11 is 1.15. The van der Waals surface area contributed by atoms with Crippen molar-refractivity contribution in [2.24, 2.45) is 0 Å². The minimum absolute atomic E-state index is 0.0473. The number of alkyl halides is 5. The second-order valence-corrected chi connectivity index (χ2v) is 4.27. The summed E-state index contributed by atoms with van der Waals surface area (Å²) in [7, 11) is 1.39. The van der Waals surface area contributed by atoms with Crippen molar-refractivity contribution < 1.29 is 22.0 Å². The lowest BCUT2D eigenvalue weighted by Gasteiger charge is -2.18. The molecule has 2 aromatic rings. The first kappa shape index (κ1) is 12.9. The van der Waals surface area contributed by atoms with Crippen LogP contribution in [0.2, 0.25) is 0 Å². The van der Waals surface area contributed by atoms with Crippen molar-refractivity contribution in [1.82, 2.24) is 9.97 Å². The summed E-state index contributed by atoms with van der Waals surface area (Å²) in [6, 6.07) is 1.36. The van der Waals surface area contributed by atoms with Crippen LogP contribution in [0, 0.1) is 0 Å². The molecule has 2 heterocycles. The van der Waals surface area contributed by atoms with Crippen LogP contribution in [0.4, 0.5) is 27.8 Å². The van der Waals surface area contributed by atoms with Crippen molar-refractivity contribution in [1.29, 1.82) is 0 Å². The first-order chi connectivity index (χ1) is 8.27. The monoisotopic (exact) mass is 283 g/mol. The van der Waals surface area contributed by atoms with Gasteiger partial charge in [0.1, 0.15) is 5.82 Å². The van der Waals surface area contributed by atoms with Gasteiger partial charge in [0.2, 0.25) is 5.82 Å². The normalized spacial score (nSPS) is 13.0. The molecular weight excluding hydrogens is 277 g/mol. The Morgan fingerprint density at radius 1 is 1.17 bits per heavy atom. The van der Waals surface area contributed by atoms with E-state index in [1.165, 1.54) is 18.5 Å². The second kappa shape index (κ2) is 4.01. The van der Waals surface area contributed by atoms with Crippen molar-refractivity contribution in [3.05, 3.63) is 17.3 Å². The summed E-state index contributed by atoms with van der Waals surface area (Å²) in [5.41, 5.74) is 0.0540. The fourth-order valence-corrected chi connectivity index (χ4v) is 2.13. The van der Waals surface area contributed by atoms with Crippen LogP contribution in [0.15, 0.2) is 11.4 Å². The molecule has 2 rings (SSSR count). The SMILES string of the molecule is CNc1nc(C(F)(F)C(F)(F)F)nc2ccsc12. The van der Waals surface area contributed by atoms with E-state index in [2.05, 4.69) is 15.3 Å². The summed E-state index contributed by atoms with van der Waals surface area (Å²) in [4.78, 5) is 6.52. The van der Waals surface area contributed by atoms with Crippen LogP contribution in [0.1, 0.15) is 5.82 Å². The zero-order valence-corrected chi connectivity index (χ0v) is 9.66. The van der Waals surface area contributed by atoms with Crippen LogP contribution in [0.5, 0.6) is 0 Å². The average molecular weight is 283 g/mol. The molecular formula is C9H6F5N3S. The molecule has 0 spiro atoms. The third-order valence-corrected chi connectivity index (χ3v) is 3.09. The van der Waals surface area contributed by atoms with E-state index in [-0.39, 0.29) is 11.3 Å². The number of hydrogen-bond acceptors (Lipinski definition) is 4. The zero-order valence-electron chi connectivity index (χ0n) is 8.85. The van der Waals surface area contributed by atoms with Crippen LogP contribution in [-0.2, 0) is 5.92 Å². The molecule has 0 saturated heterocycles. The van der Waals surface area contributed by atoms with Crippen molar-refractivity contribution in [3.63, 3.8) is 0 Å². The first-order valence-electron chi connectivity index (χ1n) is 4.65. The number of halogens is 5. The fraction of sp³-hybridized carbons (Fsp3) is 0.333. The van der Waals surface area contributed by atoms with Crippen molar-refractivity contribution >= 4 is 27.4 Å². The summed E-state index contributed by atoms with van der Waals surface area (Å²) < 4.78 is 63.4. The summed E-state index contributed by atoms with van der Waals surface area (Å²) in [5.74, 6) is -6.67. The number of nitrogens with one attached hydrogen (secondary N) is 1. The van der Waals surface area contributed by atoms with Gasteiger partial charge in [-0.3, -0.25) is 0 Å². The third-order valence-electron chi connectivity index (χ3n) is 2.18. The molecule has 0 aliphatic heterocycles. The molecule has 0 fully saturated rings. The number of nitrogens with zero attached hydrogens (tertiary/aromatic N) is 2. The Morgan fingerprint density at radius 3 is 2.39 bits per heavy atom. The van der Waals surface area contributed by atoms with Crippen LogP contribution >= 0.6 is 11.3 Å². The lowest BCUT2D eigenvalue weighted by atomic mass is 10.3. The summed E-state index contributed by atoms with van der Waals surface area (Å²) in [6.45, 7) is 0. The van der Waals surface area contributed by atoms with Crippen LogP contribution in [-0.4, -0.2) is 23.2 Å². The maximum atomic E-state index is 13.1. The molecule has 2 aromatic heterocycles. The van der Waals surface area contributed by atoms with E-state index >= 15 is 0 Å². The molecule has 0 amide bonds. The smallest absolute Gasteiger partial charge is 0.372 e. The van der Waals surface area contributed by atoms with Crippen LogP contribution < -0.4 is 5.32 Å². The van der Waals surface area contributed by atoms with Crippen LogP contribution in [0.25, 0.3) is 10.2 Å². The molecule has 3 nitrogen and oxygen atoms in total. The topological polar surface area (TPSA) is 37.8 Å².